The first-order chi connectivity index (χ1) is 7.77. The van der Waals surface area contributed by atoms with E-state index in [2.05, 4.69) is 29.8 Å². The van der Waals surface area contributed by atoms with E-state index in [1.54, 1.807) is 0 Å². The maximum absolute atomic E-state index is 5.98. The molecule has 1 aromatic heterocycles. The molecule has 2 rings (SSSR count). The van der Waals surface area contributed by atoms with Crippen molar-refractivity contribution in [2.75, 3.05) is 4.90 Å². The Morgan fingerprint density at radius 3 is 3.00 bits per heavy atom. The van der Waals surface area contributed by atoms with Gasteiger partial charge in [0.15, 0.2) is 0 Å². The lowest BCUT2D eigenvalue weighted by molar-refractivity contribution is 0.619. The molecule has 1 saturated heterocycles. The maximum atomic E-state index is 5.98. The summed E-state index contributed by atoms with van der Waals surface area (Å²) < 4.78 is 0. The largest absolute Gasteiger partial charge is 0.351 e. The fourth-order valence-electron chi connectivity index (χ4n) is 2.62. The molecule has 1 aromatic rings. The van der Waals surface area contributed by atoms with Gasteiger partial charge in [0.1, 0.15) is 5.82 Å². The third kappa shape index (κ3) is 2.03. The molecule has 0 aliphatic carbocycles. The highest BCUT2D eigenvalue weighted by Crippen LogP contribution is 2.32. The van der Waals surface area contributed by atoms with Crippen LogP contribution in [-0.2, 0) is 5.88 Å². The van der Waals surface area contributed by atoms with Crippen molar-refractivity contribution < 1.29 is 0 Å². The van der Waals surface area contributed by atoms with E-state index in [0.717, 1.165) is 11.4 Å². The van der Waals surface area contributed by atoms with Gasteiger partial charge in [0, 0.05) is 23.8 Å². The van der Waals surface area contributed by atoms with Gasteiger partial charge in [-0.2, -0.15) is 0 Å². The van der Waals surface area contributed by atoms with Gasteiger partial charge in [-0.1, -0.05) is 13.0 Å². The molecule has 0 aromatic carbocycles. The quantitative estimate of drug-likeness (QED) is 0.749. The maximum Gasteiger partial charge on any atom is 0.133 e. The Bertz CT molecular complexity index is 354. The smallest absolute Gasteiger partial charge is 0.133 e. The summed E-state index contributed by atoms with van der Waals surface area (Å²) >= 11 is 5.98. The summed E-state index contributed by atoms with van der Waals surface area (Å²) in [4.78, 5) is 6.98. The van der Waals surface area contributed by atoms with Crippen molar-refractivity contribution in [2.24, 2.45) is 0 Å². The van der Waals surface area contributed by atoms with Crippen LogP contribution >= 0.6 is 11.6 Å². The molecule has 2 atom stereocenters. The number of hydrogen-bond acceptors (Lipinski definition) is 2. The van der Waals surface area contributed by atoms with Crippen molar-refractivity contribution in [2.45, 2.75) is 51.1 Å². The van der Waals surface area contributed by atoms with Crippen molar-refractivity contribution in [3.63, 3.8) is 0 Å². The van der Waals surface area contributed by atoms with Gasteiger partial charge in [-0.05, 0) is 32.3 Å². The molecule has 1 aliphatic heterocycles. The van der Waals surface area contributed by atoms with E-state index >= 15 is 0 Å². The fourth-order valence-corrected chi connectivity index (χ4v) is 2.83. The average molecular weight is 239 g/mol. The molecule has 2 nitrogen and oxygen atoms in total. The zero-order chi connectivity index (χ0) is 11.5. The predicted molar refractivity (Wildman–Crippen MR) is 69.0 cm³/mol. The van der Waals surface area contributed by atoms with E-state index < -0.39 is 0 Å². The summed E-state index contributed by atoms with van der Waals surface area (Å²) in [6.07, 6.45) is 5.58. The zero-order valence-corrected chi connectivity index (χ0v) is 10.7. The third-order valence-corrected chi connectivity index (χ3v) is 3.80. The van der Waals surface area contributed by atoms with Gasteiger partial charge in [-0.3, -0.25) is 0 Å². The topological polar surface area (TPSA) is 16.1 Å². The molecule has 0 bridgehead atoms. The van der Waals surface area contributed by atoms with E-state index in [0.29, 0.717) is 18.0 Å². The number of pyridine rings is 1. The summed E-state index contributed by atoms with van der Waals surface area (Å²) in [6, 6.07) is 5.25. The Balaban J connectivity index is 2.34. The highest BCUT2D eigenvalue weighted by atomic mass is 35.5. The molecule has 88 valence electrons. The fraction of sp³-hybridized carbons (Fsp3) is 0.615. The lowest BCUT2D eigenvalue weighted by Gasteiger charge is -2.30. The monoisotopic (exact) mass is 238 g/mol. The molecule has 2 heterocycles. The van der Waals surface area contributed by atoms with Crippen LogP contribution in [0, 0.1) is 0 Å². The van der Waals surface area contributed by atoms with Crippen LogP contribution in [0.3, 0.4) is 0 Å². The van der Waals surface area contributed by atoms with Crippen molar-refractivity contribution >= 4 is 17.4 Å². The first-order valence-electron chi connectivity index (χ1n) is 6.06. The second-order valence-corrected chi connectivity index (χ2v) is 4.78. The lowest BCUT2D eigenvalue weighted by atomic mass is 10.1. The highest BCUT2D eigenvalue weighted by molar-refractivity contribution is 6.17. The number of nitrogens with zero attached hydrogens (tertiary/aromatic N) is 2. The van der Waals surface area contributed by atoms with Crippen molar-refractivity contribution in [3.8, 4) is 0 Å². The summed E-state index contributed by atoms with van der Waals surface area (Å²) in [5.41, 5.74) is 1.15. The van der Waals surface area contributed by atoms with E-state index in [4.69, 9.17) is 11.6 Å². The molecule has 16 heavy (non-hydrogen) atoms. The van der Waals surface area contributed by atoms with Gasteiger partial charge in [0.25, 0.3) is 0 Å². The Kier molecular flexibility index (Phi) is 3.70. The van der Waals surface area contributed by atoms with Gasteiger partial charge in [0.2, 0.25) is 0 Å². The minimum atomic E-state index is 0.544. The molecule has 1 aliphatic rings. The molecule has 0 amide bonds. The zero-order valence-electron chi connectivity index (χ0n) is 9.99. The Morgan fingerprint density at radius 1 is 1.50 bits per heavy atom. The first kappa shape index (κ1) is 11.7. The average Bonchev–Trinajstić information content (AvgIpc) is 2.70. The molecule has 0 spiro atoms. The normalized spacial score (nSPS) is 25.1. The summed E-state index contributed by atoms with van der Waals surface area (Å²) in [5, 5.41) is 0. The van der Waals surface area contributed by atoms with Crippen molar-refractivity contribution in [1.29, 1.82) is 0 Å². The van der Waals surface area contributed by atoms with Gasteiger partial charge >= 0.3 is 0 Å². The van der Waals surface area contributed by atoms with Gasteiger partial charge in [-0.15, -0.1) is 11.6 Å². The number of aromatic nitrogens is 1. The molecule has 2 unspecified atom stereocenters. The second kappa shape index (κ2) is 5.05. The van der Waals surface area contributed by atoms with Crippen molar-refractivity contribution in [1.82, 2.24) is 4.98 Å². The van der Waals surface area contributed by atoms with E-state index in [9.17, 15) is 0 Å². The Labute approximate surface area is 103 Å². The Hall–Kier alpha value is -0.760. The third-order valence-electron chi connectivity index (χ3n) is 3.51. The minimum Gasteiger partial charge on any atom is -0.351 e. The standard InChI is InChI=1S/C13H19ClN2/c1-3-12-7-6-10(2)16(12)13-11(9-14)5-4-8-15-13/h4-5,8,10,12H,3,6-7,9H2,1-2H3. The molecular weight excluding hydrogens is 220 g/mol. The number of rotatable bonds is 3. The van der Waals surface area contributed by atoms with Crippen LogP contribution in [0.4, 0.5) is 5.82 Å². The molecule has 3 heteroatoms. The Morgan fingerprint density at radius 2 is 2.31 bits per heavy atom. The molecule has 0 N–H and O–H groups in total. The van der Waals surface area contributed by atoms with Gasteiger partial charge in [0.05, 0.1) is 5.88 Å². The summed E-state index contributed by atoms with van der Waals surface area (Å²) in [6.45, 7) is 4.53. The number of anilines is 1. The molecular formula is C13H19ClN2. The first-order valence-corrected chi connectivity index (χ1v) is 6.59. The van der Waals surface area contributed by atoms with Gasteiger partial charge in [-0.25, -0.2) is 4.98 Å². The van der Waals surface area contributed by atoms with Crippen LogP contribution in [-0.4, -0.2) is 17.1 Å². The van der Waals surface area contributed by atoms with Crippen LogP contribution in [0.2, 0.25) is 0 Å². The highest BCUT2D eigenvalue weighted by Gasteiger charge is 2.31. The van der Waals surface area contributed by atoms with Crippen LogP contribution in [0.1, 0.15) is 38.7 Å². The lowest BCUT2D eigenvalue weighted by Crippen LogP contribution is -2.35. The summed E-state index contributed by atoms with van der Waals surface area (Å²) in [7, 11) is 0. The molecule has 1 fully saturated rings. The van der Waals surface area contributed by atoms with E-state index in [1.165, 1.54) is 19.3 Å². The van der Waals surface area contributed by atoms with Crippen LogP contribution in [0.25, 0.3) is 0 Å². The van der Waals surface area contributed by atoms with E-state index in [-0.39, 0.29) is 0 Å². The SMILES string of the molecule is CCC1CCC(C)N1c1ncccc1CCl. The van der Waals surface area contributed by atoms with Crippen LogP contribution in [0.15, 0.2) is 18.3 Å². The number of halogens is 1. The van der Waals surface area contributed by atoms with Crippen molar-refractivity contribution in [3.05, 3.63) is 23.9 Å². The van der Waals surface area contributed by atoms with E-state index in [1.807, 2.05) is 12.3 Å². The number of hydrogen-bond donors (Lipinski definition) is 0. The van der Waals surface area contributed by atoms with Crippen LogP contribution in [0.5, 0.6) is 0 Å². The van der Waals surface area contributed by atoms with Gasteiger partial charge < -0.3 is 4.90 Å². The minimum absolute atomic E-state index is 0.544. The molecule has 0 saturated carbocycles. The second-order valence-electron chi connectivity index (χ2n) is 4.52. The predicted octanol–water partition coefficient (Wildman–Crippen LogP) is 3.59. The van der Waals surface area contributed by atoms with Crippen LogP contribution < -0.4 is 4.90 Å². The number of alkyl halides is 1. The summed E-state index contributed by atoms with van der Waals surface area (Å²) in [5.74, 6) is 1.64. The molecule has 0 radical (unpaired) electrons.